The molecule has 0 amide bonds. The number of aromatic nitrogens is 4. The van der Waals surface area contributed by atoms with Crippen molar-refractivity contribution >= 4 is 11.5 Å². The van der Waals surface area contributed by atoms with Crippen molar-refractivity contribution in [2.45, 2.75) is 13.0 Å². The van der Waals surface area contributed by atoms with Crippen molar-refractivity contribution in [2.24, 2.45) is 0 Å². The summed E-state index contributed by atoms with van der Waals surface area (Å²) in [5.41, 5.74) is 0.186. The van der Waals surface area contributed by atoms with Crippen molar-refractivity contribution in [3.8, 4) is 0 Å². The second kappa shape index (κ2) is 5.59. The number of ether oxygens (including phenoxy) is 1. The van der Waals surface area contributed by atoms with Crippen LogP contribution in [0, 0.1) is 0 Å². The molecular formula is C12H18N6O2. The minimum Gasteiger partial charge on any atom is -0.379 e. The van der Waals surface area contributed by atoms with Crippen molar-refractivity contribution in [3.05, 3.63) is 22.6 Å². The predicted molar refractivity (Wildman–Crippen MR) is 74.0 cm³/mol. The Kier molecular flexibility index (Phi) is 3.66. The van der Waals surface area contributed by atoms with Crippen molar-refractivity contribution in [3.63, 3.8) is 0 Å². The Balaban J connectivity index is 1.65. The first-order chi connectivity index (χ1) is 9.72. The van der Waals surface area contributed by atoms with E-state index in [1.54, 1.807) is 6.07 Å². The molecule has 1 aliphatic rings. The standard InChI is InChI=1S/C12H18N6O2/c1-9(8-17-4-6-20-7-5-17)13-10-2-3-11-14-15-12(19)18(11)16-10/h2-3,9H,4-8H2,1H3,(H,13,16)(H,15,19). The summed E-state index contributed by atoms with van der Waals surface area (Å²) in [5, 5.41) is 13.7. The minimum atomic E-state index is -0.329. The molecule has 0 spiro atoms. The number of hydrogen-bond donors (Lipinski definition) is 2. The van der Waals surface area contributed by atoms with Gasteiger partial charge in [-0.2, -0.15) is 9.61 Å². The average molecular weight is 278 g/mol. The van der Waals surface area contributed by atoms with Gasteiger partial charge in [-0.05, 0) is 19.1 Å². The van der Waals surface area contributed by atoms with Crippen LogP contribution in [0.3, 0.4) is 0 Å². The molecule has 3 rings (SSSR count). The molecule has 1 saturated heterocycles. The molecule has 0 radical (unpaired) electrons. The van der Waals surface area contributed by atoms with Gasteiger partial charge in [0.15, 0.2) is 5.65 Å². The number of nitrogens with one attached hydrogen (secondary N) is 2. The Bertz CT molecular complexity index is 630. The number of rotatable bonds is 4. The summed E-state index contributed by atoms with van der Waals surface area (Å²) in [7, 11) is 0. The zero-order chi connectivity index (χ0) is 13.9. The van der Waals surface area contributed by atoms with Crippen molar-refractivity contribution < 1.29 is 4.74 Å². The van der Waals surface area contributed by atoms with Gasteiger partial charge in [0.2, 0.25) is 0 Å². The third-order valence-corrected chi connectivity index (χ3v) is 3.30. The van der Waals surface area contributed by atoms with E-state index in [1.807, 2.05) is 6.07 Å². The Morgan fingerprint density at radius 2 is 2.25 bits per heavy atom. The third kappa shape index (κ3) is 2.81. The van der Waals surface area contributed by atoms with E-state index in [0.29, 0.717) is 11.5 Å². The highest BCUT2D eigenvalue weighted by Gasteiger charge is 2.14. The normalized spacial score (nSPS) is 18.2. The van der Waals surface area contributed by atoms with Gasteiger partial charge in [-0.15, -0.1) is 5.10 Å². The van der Waals surface area contributed by atoms with Gasteiger partial charge in [-0.25, -0.2) is 9.89 Å². The molecule has 108 valence electrons. The molecule has 3 heterocycles. The lowest BCUT2D eigenvalue weighted by Gasteiger charge is -2.29. The van der Waals surface area contributed by atoms with Gasteiger partial charge in [0, 0.05) is 25.7 Å². The van der Waals surface area contributed by atoms with Crippen molar-refractivity contribution in [1.82, 2.24) is 24.7 Å². The summed E-state index contributed by atoms with van der Waals surface area (Å²) >= 11 is 0. The van der Waals surface area contributed by atoms with E-state index < -0.39 is 0 Å². The second-order valence-electron chi connectivity index (χ2n) is 4.98. The first-order valence-electron chi connectivity index (χ1n) is 6.73. The summed E-state index contributed by atoms with van der Waals surface area (Å²) in [6, 6.07) is 3.82. The van der Waals surface area contributed by atoms with Gasteiger partial charge in [0.25, 0.3) is 0 Å². The predicted octanol–water partition coefficient (Wildman–Crippen LogP) is -0.450. The molecule has 2 aromatic heterocycles. The lowest BCUT2D eigenvalue weighted by atomic mass is 10.3. The Hall–Kier alpha value is -1.93. The average Bonchev–Trinajstić information content (AvgIpc) is 2.81. The molecule has 8 heteroatoms. The molecule has 2 N–H and O–H groups in total. The van der Waals surface area contributed by atoms with Crippen LogP contribution in [0.1, 0.15) is 6.92 Å². The highest BCUT2D eigenvalue weighted by molar-refractivity contribution is 5.43. The molecule has 8 nitrogen and oxygen atoms in total. The summed E-state index contributed by atoms with van der Waals surface area (Å²) in [4.78, 5) is 13.8. The molecule has 1 unspecified atom stereocenters. The number of aromatic amines is 1. The maximum Gasteiger partial charge on any atom is 0.364 e. The fraction of sp³-hybridized carbons (Fsp3) is 0.583. The van der Waals surface area contributed by atoms with Gasteiger partial charge in [0.05, 0.1) is 13.2 Å². The Morgan fingerprint density at radius 3 is 3.05 bits per heavy atom. The minimum absolute atomic E-state index is 0.237. The van der Waals surface area contributed by atoms with Crippen LogP contribution in [0.4, 0.5) is 5.82 Å². The molecule has 20 heavy (non-hydrogen) atoms. The van der Waals surface area contributed by atoms with Crippen LogP contribution in [-0.4, -0.2) is 63.6 Å². The number of H-pyrrole nitrogens is 1. The van der Waals surface area contributed by atoms with E-state index in [-0.39, 0.29) is 11.7 Å². The molecule has 0 aliphatic carbocycles. The second-order valence-corrected chi connectivity index (χ2v) is 4.98. The Labute approximate surface area is 115 Å². The van der Waals surface area contributed by atoms with E-state index in [2.05, 4.69) is 32.4 Å². The maximum atomic E-state index is 11.5. The number of morpholine rings is 1. The lowest BCUT2D eigenvalue weighted by molar-refractivity contribution is 0.0368. The molecule has 1 aliphatic heterocycles. The SMILES string of the molecule is CC(CN1CCOCC1)Nc1ccc2n[nH]c(=O)n2n1. The fourth-order valence-electron chi connectivity index (χ4n) is 2.35. The Morgan fingerprint density at radius 1 is 1.45 bits per heavy atom. The van der Waals surface area contributed by atoms with Crippen LogP contribution < -0.4 is 11.0 Å². The van der Waals surface area contributed by atoms with Crippen molar-refractivity contribution in [2.75, 3.05) is 38.2 Å². The van der Waals surface area contributed by atoms with Gasteiger partial charge in [0.1, 0.15) is 5.82 Å². The van der Waals surface area contributed by atoms with Gasteiger partial charge in [-0.3, -0.25) is 4.90 Å². The molecule has 1 atom stereocenters. The molecular weight excluding hydrogens is 260 g/mol. The third-order valence-electron chi connectivity index (χ3n) is 3.30. The molecule has 2 aromatic rings. The highest BCUT2D eigenvalue weighted by atomic mass is 16.5. The van der Waals surface area contributed by atoms with E-state index in [0.717, 1.165) is 32.8 Å². The number of anilines is 1. The van der Waals surface area contributed by atoms with Crippen LogP contribution in [0.15, 0.2) is 16.9 Å². The zero-order valence-electron chi connectivity index (χ0n) is 11.4. The highest BCUT2D eigenvalue weighted by Crippen LogP contribution is 2.06. The first kappa shape index (κ1) is 13.1. The topological polar surface area (TPSA) is 87.5 Å². The summed E-state index contributed by atoms with van der Waals surface area (Å²) in [6.07, 6.45) is 0. The maximum absolute atomic E-state index is 11.5. The summed E-state index contributed by atoms with van der Waals surface area (Å²) < 4.78 is 6.58. The van der Waals surface area contributed by atoms with Crippen LogP contribution >= 0.6 is 0 Å². The van der Waals surface area contributed by atoms with E-state index >= 15 is 0 Å². The van der Waals surface area contributed by atoms with Gasteiger partial charge < -0.3 is 10.1 Å². The molecule has 1 fully saturated rings. The summed E-state index contributed by atoms with van der Waals surface area (Å²) in [6.45, 7) is 6.52. The van der Waals surface area contributed by atoms with Crippen LogP contribution in [-0.2, 0) is 4.74 Å². The van der Waals surface area contributed by atoms with E-state index in [1.165, 1.54) is 4.52 Å². The van der Waals surface area contributed by atoms with Crippen LogP contribution in [0.2, 0.25) is 0 Å². The number of nitrogens with zero attached hydrogens (tertiary/aromatic N) is 4. The van der Waals surface area contributed by atoms with E-state index in [4.69, 9.17) is 4.74 Å². The van der Waals surface area contributed by atoms with E-state index in [9.17, 15) is 4.79 Å². The van der Waals surface area contributed by atoms with Crippen LogP contribution in [0.5, 0.6) is 0 Å². The molecule has 0 saturated carbocycles. The van der Waals surface area contributed by atoms with Gasteiger partial charge in [-0.1, -0.05) is 0 Å². The quantitative estimate of drug-likeness (QED) is 0.787. The molecule has 0 bridgehead atoms. The fourth-order valence-corrected chi connectivity index (χ4v) is 2.35. The summed E-state index contributed by atoms with van der Waals surface area (Å²) in [5.74, 6) is 0.668. The smallest absolute Gasteiger partial charge is 0.364 e. The largest absolute Gasteiger partial charge is 0.379 e. The monoisotopic (exact) mass is 278 g/mol. The first-order valence-corrected chi connectivity index (χ1v) is 6.73. The lowest BCUT2D eigenvalue weighted by Crippen LogP contribution is -2.42. The van der Waals surface area contributed by atoms with Crippen molar-refractivity contribution in [1.29, 1.82) is 0 Å². The van der Waals surface area contributed by atoms with Crippen LogP contribution in [0.25, 0.3) is 5.65 Å². The zero-order valence-corrected chi connectivity index (χ0v) is 11.4. The number of hydrogen-bond acceptors (Lipinski definition) is 6. The number of fused-ring (bicyclic) bond motifs is 1. The molecule has 0 aromatic carbocycles. The van der Waals surface area contributed by atoms with Gasteiger partial charge >= 0.3 is 5.69 Å².